The average molecular weight is 234 g/mol. The molecule has 0 aromatic heterocycles. The highest BCUT2D eigenvalue weighted by Crippen LogP contribution is 2.16. The van der Waals surface area contributed by atoms with Crippen LogP contribution in [0.15, 0.2) is 42.5 Å². The molecule has 88 valence electrons. The fourth-order valence-electron chi connectivity index (χ4n) is 1.51. The van der Waals surface area contributed by atoms with E-state index in [1.54, 1.807) is 18.2 Å². The molecule has 17 heavy (non-hydrogen) atoms. The number of rotatable bonds is 3. The molecule has 0 aliphatic rings. The summed E-state index contributed by atoms with van der Waals surface area (Å²) >= 11 is 0. The Bertz CT molecular complexity index is 523. The fourth-order valence-corrected chi connectivity index (χ4v) is 1.51. The lowest BCUT2D eigenvalue weighted by Crippen LogP contribution is -1.98. The van der Waals surface area contributed by atoms with Crippen molar-refractivity contribution in [2.75, 3.05) is 0 Å². The summed E-state index contributed by atoms with van der Waals surface area (Å²) in [6.07, 6.45) is 0. The fraction of sp³-hybridized carbons (Fsp3) is 0.143. The van der Waals surface area contributed by atoms with Crippen molar-refractivity contribution in [3.8, 4) is 5.75 Å². The lowest BCUT2D eigenvalue weighted by molar-refractivity contribution is 0.303. The molecule has 0 radical (unpaired) electrons. The van der Waals surface area contributed by atoms with Gasteiger partial charge in [0, 0.05) is 6.07 Å². The Morgan fingerprint density at radius 2 is 1.76 bits per heavy atom. The van der Waals surface area contributed by atoms with Crippen LogP contribution >= 0.6 is 0 Å². The summed E-state index contributed by atoms with van der Waals surface area (Å²) < 4.78 is 31.3. The van der Waals surface area contributed by atoms with Crippen molar-refractivity contribution in [1.82, 2.24) is 0 Å². The van der Waals surface area contributed by atoms with E-state index in [9.17, 15) is 8.78 Å². The summed E-state index contributed by atoms with van der Waals surface area (Å²) in [6.45, 7) is 2.11. The van der Waals surface area contributed by atoms with Gasteiger partial charge in [-0.05, 0) is 42.3 Å². The SMILES string of the molecule is Cc1ccc(F)cc1COc1cccc(F)c1. The van der Waals surface area contributed by atoms with Gasteiger partial charge in [-0.2, -0.15) is 0 Å². The molecule has 0 bridgehead atoms. The van der Waals surface area contributed by atoms with Crippen molar-refractivity contribution in [2.45, 2.75) is 13.5 Å². The second kappa shape index (κ2) is 4.95. The maximum absolute atomic E-state index is 13.0. The van der Waals surface area contributed by atoms with Gasteiger partial charge in [-0.1, -0.05) is 12.1 Å². The van der Waals surface area contributed by atoms with Gasteiger partial charge < -0.3 is 4.74 Å². The van der Waals surface area contributed by atoms with Crippen LogP contribution < -0.4 is 4.74 Å². The third-order valence-corrected chi connectivity index (χ3v) is 2.50. The van der Waals surface area contributed by atoms with Crippen LogP contribution in [0.1, 0.15) is 11.1 Å². The molecule has 0 fully saturated rings. The topological polar surface area (TPSA) is 9.23 Å². The Labute approximate surface area is 98.7 Å². The molecule has 0 heterocycles. The third-order valence-electron chi connectivity index (χ3n) is 2.50. The molecule has 0 N–H and O–H groups in total. The number of halogens is 2. The van der Waals surface area contributed by atoms with Crippen LogP contribution in [0, 0.1) is 18.6 Å². The average Bonchev–Trinajstić information content (AvgIpc) is 2.30. The molecule has 3 heteroatoms. The molecular formula is C14H12F2O. The van der Waals surface area contributed by atoms with E-state index in [2.05, 4.69) is 0 Å². The molecule has 0 aliphatic carbocycles. The molecule has 1 nitrogen and oxygen atoms in total. The smallest absolute Gasteiger partial charge is 0.126 e. The van der Waals surface area contributed by atoms with E-state index < -0.39 is 0 Å². The van der Waals surface area contributed by atoms with E-state index in [1.807, 2.05) is 6.92 Å². The molecular weight excluding hydrogens is 222 g/mol. The number of benzene rings is 2. The number of ether oxygens (including phenoxy) is 1. The summed E-state index contributed by atoms with van der Waals surface area (Å²) in [5.74, 6) is -0.208. The minimum atomic E-state index is -0.349. The largest absolute Gasteiger partial charge is 0.489 e. The first-order valence-electron chi connectivity index (χ1n) is 5.28. The Morgan fingerprint density at radius 1 is 1.00 bits per heavy atom. The molecule has 2 aromatic rings. The van der Waals surface area contributed by atoms with Gasteiger partial charge in [-0.25, -0.2) is 8.78 Å². The summed E-state index contributed by atoms with van der Waals surface area (Å²) in [6, 6.07) is 10.4. The van der Waals surface area contributed by atoms with Gasteiger partial charge in [0.05, 0.1) is 0 Å². The summed E-state index contributed by atoms with van der Waals surface area (Å²) in [5.41, 5.74) is 1.71. The molecule has 0 atom stereocenters. The molecule has 2 rings (SSSR count). The van der Waals surface area contributed by atoms with Crippen LogP contribution in [0.25, 0.3) is 0 Å². The lowest BCUT2D eigenvalue weighted by Gasteiger charge is -2.08. The Kier molecular flexibility index (Phi) is 3.38. The molecule has 0 unspecified atom stereocenters. The van der Waals surface area contributed by atoms with Crippen molar-refractivity contribution in [1.29, 1.82) is 0 Å². The molecule has 0 saturated carbocycles. The second-order valence-corrected chi connectivity index (χ2v) is 3.82. The summed E-state index contributed by atoms with van der Waals surface area (Å²) in [5, 5.41) is 0. The Morgan fingerprint density at radius 3 is 2.53 bits per heavy atom. The molecule has 0 amide bonds. The molecule has 2 aromatic carbocycles. The first-order chi connectivity index (χ1) is 8.15. The minimum Gasteiger partial charge on any atom is -0.489 e. The van der Waals surface area contributed by atoms with Gasteiger partial charge in [0.25, 0.3) is 0 Å². The Balaban J connectivity index is 2.09. The standard InChI is InChI=1S/C14H12F2O/c1-10-5-6-13(16)7-11(10)9-17-14-4-2-3-12(15)8-14/h2-8H,9H2,1H3. The number of aryl methyl sites for hydroxylation is 1. The van der Waals surface area contributed by atoms with Crippen LogP contribution in [0.5, 0.6) is 5.75 Å². The van der Waals surface area contributed by atoms with Gasteiger partial charge in [0.15, 0.2) is 0 Å². The monoisotopic (exact) mass is 234 g/mol. The van der Waals surface area contributed by atoms with Crippen LogP contribution in [0.4, 0.5) is 8.78 Å². The summed E-state index contributed by atoms with van der Waals surface area (Å²) in [7, 11) is 0. The second-order valence-electron chi connectivity index (χ2n) is 3.82. The van der Waals surface area contributed by atoms with Gasteiger partial charge >= 0.3 is 0 Å². The van der Waals surface area contributed by atoms with Crippen molar-refractivity contribution < 1.29 is 13.5 Å². The zero-order valence-electron chi connectivity index (χ0n) is 9.41. The van der Waals surface area contributed by atoms with Crippen LogP contribution in [0.3, 0.4) is 0 Å². The third kappa shape index (κ3) is 3.03. The van der Waals surface area contributed by atoms with E-state index in [1.165, 1.54) is 24.3 Å². The van der Waals surface area contributed by atoms with Gasteiger partial charge in [0.2, 0.25) is 0 Å². The van der Waals surface area contributed by atoms with Crippen LogP contribution in [-0.4, -0.2) is 0 Å². The van der Waals surface area contributed by atoms with Crippen molar-refractivity contribution in [3.63, 3.8) is 0 Å². The van der Waals surface area contributed by atoms with E-state index >= 15 is 0 Å². The van der Waals surface area contributed by atoms with Crippen molar-refractivity contribution >= 4 is 0 Å². The highest BCUT2D eigenvalue weighted by molar-refractivity contribution is 5.27. The summed E-state index contributed by atoms with van der Waals surface area (Å²) in [4.78, 5) is 0. The quantitative estimate of drug-likeness (QED) is 0.783. The van der Waals surface area contributed by atoms with Gasteiger partial charge in [-0.3, -0.25) is 0 Å². The maximum atomic E-state index is 13.0. The minimum absolute atomic E-state index is 0.229. The predicted molar refractivity (Wildman–Crippen MR) is 61.9 cm³/mol. The highest BCUT2D eigenvalue weighted by Gasteiger charge is 2.02. The number of hydrogen-bond acceptors (Lipinski definition) is 1. The van der Waals surface area contributed by atoms with E-state index in [0.717, 1.165) is 11.1 Å². The van der Waals surface area contributed by atoms with Gasteiger partial charge in [0.1, 0.15) is 24.0 Å². The molecule has 0 aliphatic heterocycles. The van der Waals surface area contributed by atoms with Crippen molar-refractivity contribution in [3.05, 3.63) is 65.2 Å². The lowest BCUT2D eigenvalue weighted by atomic mass is 10.1. The van der Waals surface area contributed by atoms with Crippen LogP contribution in [0.2, 0.25) is 0 Å². The highest BCUT2D eigenvalue weighted by atomic mass is 19.1. The first-order valence-corrected chi connectivity index (χ1v) is 5.28. The van der Waals surface area contributed by atoms with E-state index in [4.69, 9.17) is 4.74 Å². The van der Waals surface area contributed by atoms with E-state index in [0.29, 0.717) is 5.75 Å². The normalized spacial score (nSPS) is 10.3. The van der Waals surface area contributed by atoms with E-state index in [-0.39, 0.29) is 18.2 Å². The predicted octanol–water partition coefficient (Wildman–Crippen LogP) is 3.85. The maximum Gasteiger partial charge on any atom is 0.126 e. The van der Waals surface area contributed by atoms with Crippen LogP contribution in [-0.2, 0) is 6.61 Å². The number of hydrogen-bond donors (Lipinski definition) is 0. The van der Waals surface area contributed by atoms with Gasteiger partial charge in [-0.15, -0.1) is 0 Å². The zero-order chi connectivity index (χ0) is 12.3. The van der Waals surface area contributed by atoms with Crippen molar-refractivity contribution in [2.24, 2.45) is 0 Å². The zero-order valence-corrected chi connectivity index (χ0v) is 9.41. The first kappa shape index (κ1) is 11.6. The molecule has 0 spiro atoms. The Hall–Kier alpha value is -1.90. The molecule has 0 saturated heterocycles.